The van der Waals surface area contributed by atoms with Crippen LogP contribution in [0.15, 0.2) is 12.1 Å². The fourth-order valence-electron chi connectivity index (χ4n) is 1.44. The second-order valence-electron chi connectivity index (χ2n) is 3.22. The van der Waals surface area contributed by atoms with Gasteiger partial charge in [0.25, 0.3) is 0 Å². The van der Waals surface area contributed by atoms with E-state index in [1.54, 1.807) is 0 Å². The number of hydrogen-bond donors (Lipinski definition) is 0. The van der Waals surface area contributed by atoms with E-state index in [2.05, 4.69) is 6.92 Å². The Bertz CT molecular complexity index is 307. The number of hydrogen-bond acceptors (Lipinski definition) is 3. The van der Waals surface area contributed by atoms with Crippen LogP contribution in [0.5, 0.6) is 17.2 Å². The highest BCUT2D eigenvalue weighted by Crippen LogP contribution is 2.38. The van der Waals surface area contributed by atoms with Gasteiger partial charge in [0.2, 0.25) is 5.75 Å². The fourth-order valence-corrected chi connectivity index (χ4v) is 1.44. The molecule has 0 aliphatic rings. The van der Waals surface area contributed by atoms with Gasteiger partial charge in [0.05, 0.1) is 19.8 Å². The van der Waals surface area contributed by atoms with Crippen LogP contribution in [0.3, 0.4) is 0 Å². The molecule has 1 rings (SSSR count). The van der Waals surface area contributed by atoms with E-state index in [9.17, 15) is 0 Å². The summed E-state index contributed by atoms with van der Waals surface area (Å²) >= 11 is 0. The first-order chi connectivity index (χ1) is 7.72. The summed E-state index contributed by atoms with van der Waals surface area (Å²) in [5.74, 6) is 2.05. The Labute approximate surface area is 97.3 Å². The Morgan fingerprint density at radius 3 is 1.69 bits per heavy atom. The predicted octanol–water partition coefficient (Wildman–Crippen LogP) is 3.06. The van der Waals surface area contributed by atoms with Gasteiger partial charge in [0, 0.05) is 0 Å². The summed E-state index contributed by atoms with van der Waals surface area (Å²) < 4.78 is 16.6. The lowest BCUT2D eigenvalue weighted by Gasteiger charge is -2.16. The Morgan fingerprint density at radius 2 is 1.31 bits per heavy atom. The third kappa shape index (κ3) is 3.05. The summed E-state index contributed by atoms with van der Waals surface area (Å²) in [4.78, 5) is 0. The van der Waals surface area contributed by atoms with Gasteiger partial charge in [0.1, 0.15) is 0 Å². The molecule has 0 N–H and O–H groups in total. The van der Waals surface area contributed by atoms with Gasteiger partial charge >= 0.3 is 0 Å². The molecule has 1 aromatic rings. The van der Waals surface area contributed by atoms with Crippen LogP contribution in [0.25, 0.3) is 0 Å². The zero-order chi connectivity index (χ0) is 12.0. The average molecular weight is 223 g/mol. The molecule has 0 aliphatic carbocycles. The van der Waals surface area contributed by atoms with Crippen molar-refractivity contribution in [3.63, 3.8) is 0 Å². The molecule has 0 saturated carbocycles. The lowest BCUT2D eigenvalue weighted by molar-refractivity contribution is 0.260. The van der Waals surface area contributed by atoms with Crippen molar-refractivity contribution in [1.29, 1.82) is 0 Å². The third-order valence-corrected chi connectivity index (χ3v) is 1.97. The molecule has 0 heterocycles. The zero-order valence-corrected chi connectivity index (χ0v) is 10.2. The van der Waals surface area contributed by atoms with Crippen LogP contribution in [0.1, 0.15) is 26.3 Å². The molecule has 3 nitrogen and oxygen atoms in total. The normalized spacial score (nSPS) is 10.0. The van der Waals surface area contributed by atoms with Crippen molar-refractivity contribution in [3.8, 4) is 17.2 Å². The highest BCUT2D eigenvalue weighted by molar-refractivity contribution is 5.54. The molecule has 0 spiro atoms. The molecule has 1 radical (unpaired) electrons. The lowest BCUT2D eigenvalue weighted by atomic mass is 10.2. The summed E-state index contributed by atoms with van der Waals surface area (Å²) in [5, 5.41) is 0. The van der Waals surface area contributed by atoms with Crippen LogP contribution < -0.4 is 14.2 Å². The lowest BCUT2D eigenvalue weighted by Crippen LogP contribution is -2.02. The first-order valence-corrected chi connectivity index (χ1v) is 5.61. The molecule has 0 aromatic heterocycles. The van der Waals surface area contributed by atoms with E-state index in [1.165, 1.54) is 0 Å². The van der Waals surface area contributed by atoms with Crippen LogP contribution >= 0.6 is 0 Å². The van der Waals surface area contributed by atoms with E-state index in [0.717, 1.165) is 5.56 Å². The molecule has 0 fully saturated rings. The van der Waals surface area contributed by atoms with Gasteiger partial charge in [-0.05, 0) is 45.4 Å². The highest BCUT2D eigenvalue weighted by Gasteiger charge is 2.13. The molecular weight excluding hydrogens is 204 g/mol. The third-order valence-electron chi connectivity index (χ3n) is 1.97. The molecular formula is C13H19O3. The van der Waals surface area contributed by atoms with Crippen LogP contribution in [0, 0.1) is 6.92 Å². The average Bonchev–Trinajstić information content (AvgIpc) is 2.24. The molecule has 0 aliphatic heterocycles. The minimum Gasteiger partial charge on any atom is -0.490 e. The van der Waals surface area contributed by atoms with Crippen molar-refractivity contribution < 1.29 is 14.2 Å². The Morgan fingerprint density at radius 1 is 0.875 bits per heavy atom. The molecule has 0 saturated heterocycles. The summed E-state index contributed by atoms with van der Waals surface area (Å²) in [5.41, 5.74) is 0.857. The van der Waals surface area contributed by atoms with Crippen molar-refractivity contribution in [3.05, 3.63) is 24.6 Å². The maximum absolute atomic E-state index is 5.55. The smallest absolute Gasteiger partial charge is 0.203 e. The SMILES string of the molecule is [CH2]c1cc(OCC)c(OCC)c(OCC)c1. The monoisotopic (exact) mass is 223 g/mol. The number of benzene rings is 1. The summed E-state index contributed by atoms with van der Waals surface area (Å²) in [6.07, 6.45) is 0. The summed E-state index contributed by atoms with van der Waals surface area (Å²) in [7, 11) is 0. The predicted molar refractivity (Wildman–Crippen MR) is 64.4 cm³/mol. The van der Waals surface area contributed by atoms with Crippen molar-refractivity contribution in [2.24, 2.45) is 0 Å². The van der Waals surface area contributed by atoms with Gasteiger partial charge in [-0.25, -0.2) is 0 Å². The minimum absolute atomic E-state index is 0.580. The standard InChI is InChI=1S/C13H19O3/c1-5-14-11-8-10(4)9-12(15-6-2)13(11)16-7-3/h8-9H,4-7H2,1-3H3. The van der Waals surface area contributed by atoms with Crippen molar-refractivity contribution in [1.82, 2.24) is 0 Å². The first-order valence-electron chi connectivity index (χ1n) is 5.61. The minimum atomic E-state index is 0.580. The molecule has 0 bridgehead atoms. The Balaban J connectivity index is 3.12. The summed E-state index contributed by atoms with van der Waals surface area (Å²) in [6.45, 7) is 11.5. The molecule has 0 amide bonds. The maximum Gasteiger partial charge on any atom is 0.203 e. The van der Waals surface area contributed by atoms with Crippen LogP contribution in [0.4, 0.5) is 0 Å². The first kappa shape index (κ1) is 12.7. The van der Waals surface area contributed by atoms with E-state index in [4.69, 9.17) is 14.2 Å². The Kier molecular flexibility index (Phi) is 4.96. The van der Waals surface area contributed by atoms with Crippen LogP contribution in [-0.4, -0.2) is 19.8 Å². The second kappa shape index (κ2) is 6.26. The fraction of sp³-hybridized carbons (Fsp3) is 0.462. The Hall–Kier alpha value is -1.38. The quantitative estimate of drug-likeness (QED) is 0.741. The number of rotatable bonds is 6. The van der Waals surface area contributed by atoms with Gasteiger partial charge in [-0.15, -0.1) is 0 Å². The molecule has 89 valence electrons. The van der Waals surface area contributed by atoms with E-state index in [-0.39, 0.29) is 0 Å². The second-order valence-corrected chi connectivity index (χ2v) is 3.22. The largest absolute Gasteiger partial charge is 0.490 e. The van der Waals surface area contributed by atoms with Crippen LogP contribution in [0.2, 0.25) is 0 Å². The van der Waals surface area contributed by atoms with Crippen molar-refractivity contribution in [2.45, 2.75) is 20.8 Å². The summed E-state index contributed by atoms with van der Waals surface area (Å²) in [6, 6.07) is 3.72. The molecule has 1 aromatic carbocycles. The van der Waals surface area contributed by atoms with Crippen molar-refractivity contribution in [2.75, 3.05) is 19.8 Å². The van der Waals surface area contributed by atoms with E-state index in [0.29, 0.717) is 37.1 Å². The zero-order valence-electron chi connectivity index (χ0n) is 10.2. The van der Waals surface area contributed by atoms with E-state index >= 15 is 0 Å². The number of ether oxygens (including phenoxy) is 3. The molecule has 0 atom stereocenters. The van der Waals surface area contributed by atoms with Gasteiger partial charge in [-0.3, -0.25) is 0 Å². The van der Waals surface area contributed by atoms with Gasteiger partial charge < -0.3 is 14.2 Å². The van der Waals surface area contributed by atoms with Gasteiger partial charge in [-0.1, -0.05) is 0 Å². The van der Waals surface area contributed by atoms with E-state index < -0.39 is 0 Å². The molecule has 3 heteroatoms. The van der Waals surface area contributed by atoms with E-state index in [1.807, 2.05) is 32.9 Å². The maximum atomic E-state index is 5.55. The molecule has 16 heavy (non-hydrogen) atoms. The highest BCUT2D eigenvalue weighted by atomic mass is 16.5. The van der Waals surface area contributed by atoms with Gasteiger partial charge in [0.15, 0.2) is 11.5 Å². The van der Waals surface area contributed by atoms with Crippen LogP contribution in [-0.2, 0) is 0 Å². The van der Waals surface area contributed by atoms with Crippen molar-refractivity contribution >= 4 is 0 Å². The molecule has 0 unspecified atom stereocenters. The van der Waals surface area contributed by atoms with Gasteiger partial charge in [-0.2, -0.15) is 0 Å². The topological polar surface area (TPSA) is 27.7 Å².